The summed E-state index contributed by atoms with van der Waals surface area (Å²) in [5.41, 5.74) is 4.38. The third-order valence-corrected chi connectivity index (χ3v) is 6.37. The van der Waals surface area contributed by atoms with Gasteiger partial charge in [0.05, 0.1) is 30.6 Å². The van der Waals surface area contributed by atoms with E-state index in [0.29, 0.717) is 18.3 Å². The Bertz CT molecular complexity index is 836. The Morgan fingerprint density at radius 1 is 1.17 bits per heavy atom. The molecular formula is C25H32N4. The molecule has 1 aliphatic heterocycles. The van der Waals surface area contributed by atoms with Crippen LogP contribution in [0, 0.1) is 17.2 Å². The molecule has 0 amide bonds. The summed E-state index contributed by atoms with van der Waals surface area (Å²) < 4.78 is 0. The summed E-state index contributed by atoms with van der Waals surface area (Å²) in [6, 6.07) is 8.91. The number of amidine groups is 1. The molecule has 0 spiro atoms. The van der Waals surface area contributed by atoms with Gasteiger partial charge < -0.3 is 10.7 Å². The van der Waals surface area contributed by atoms with Crippen LogP contribution in [0.1, 0.15) is 56.6 Å². The van der Waals surface area contributed by atoms with Gasteiger partial charge in [-0.05, 0) is 62.0 Å². The van der Waals surface area contributed by atoms with Crippen molar-refractivity contribution in [2.45, 2.75) is 57.9 Å². The molecule has 1 heterocycles. The minimum atomic E-state index is -0.0728. The van der Waals surface area contributed by atoms with E-state index >= 15 is 0 Å². The number of rotatable bonds is 5. The number of nitrogens with one attached hydrogen (secondary N) is 2. The van der Waals surface area contributed by atoms with Crippen LogP contribution in [0.25, 0.3) is 0 Å². The van der Waals surface area contributed by atoms with Crippen LogP contribution in [0.4, 0.5) is 0 Å². The Morgan fingerprint density at radius 3 is 2.69 bits per heavy atom. The maximum Gasteiger partial charge on any atom is 0.113 e. The first-order chi connectivity index (χ1) is 14.2. The molecule has 3 aliphatic rings. The van der Waals surface area contributed by atoms with Gasteiger partial charge in [0, 0.05) is 0 Å². The van der Waals surface area contributed by atoms with Crippen molar-refractivity contribution < 1.29 is 0 Å². The van der Waals surface area contributed by atoms with Crippen LogP contribution in [0.3, 0.4) is 0 Å². The van der Waals surface area contributed by atoms with E-state index in [4.69, 9.17) is 10.4 Å². The Kier molecular flexibility index (Phi) is 6.38. The van der Waals surface area contributed by atoms with Gasteiger partial charge in [0.2, 0.25) is 0 Å². The van der Waals surface area contributed by atoms with Crippen molar-refractivity contribution in [3.63, 3.8) is 0 Å². The van der Waals surface area contributed by atoms with Crippen LogP contribution in [-0.4, -0.2) is 30.5 Å². The molecule has 4 rings (SSSR count). The molecule has 1 fully saturated rings. The zero-order chi connectivity index (χ0) is 20.1. The standard InChI is InChI=1S/C25H32N4/c1-18-7-13-22(14-8-18)29-25-23(16-27-17-28-25)24(26)21-11-9-20(10-12-21)15-19-5-3-2-4-6-19/h2-3,5,9-12,17-18,22-23,26H,4,6-8,13-16H2,1H3,(H,27,28,29). The number of hydrogen-bond acceptors (Lipinski definition) is 3. The van der Waals surface area contributed by atoms with Gasteiger partial charge >= 0.3 is 0 Å². The van der Waals surface area contributed by atoms with E-state index in [-0.39, 0.29) is 5.92 Å². The molecule has 0 saturated heterocycles. The molecule has 2 N–H and O–H groups in total. The van der Waals surface area contributed by atoms with Gasteiger partial charge in [-0.2, -0.15) is 0 Å². The highest BCUT2D eigenvalue weighted by atomic mass is 15.1. The van der Waals surface area contributed by atoms with Crippen molar-refractivity contribution in [3.05, 3.63) is 59.2 Å². The lowest BCUT2D eigenvalue weighted by Crippen LogP contribution is -2.41. The molecule has 1 aromatic rings. The van der Waals surface area contributed by atoms with E-state index in [1.54, 1.807) is 6.34 Å². The van der Waals surface area contributed by atoms with Crippen molar-refractivity contribution in [1.29, 1.82) is 5.41 Å². The van der Waals surface area contributed by atoms with Crippen LogP contribution in [0.15, 0.2) is 58.1 Å². The van der Waals surface area contributed by atoms with E-state index in [9.17, 15) is 0 Å². The van der Waals surface area contributed by atoms with Gasteiger partial charge in [-0.1, -0.05) is 55.0 Å². The molecule has 2 aliphatic carbocycles. The van der Waals surface area contributed by atoms with Crippen LogP contribution >= 0.6 is 0 Å². The summed E-state index contributed by atoms with van der Waals surface area (Å²) in [5, 5.41) is 12.1. The number of nitrogens with zero attached hydrogens (tertiary/aromatic N) is 2. The smallest absolute Gasteiger partial charge is 0.113 e. The maximum atomic E-state index is 8.81. The zero-order valence-electron chi connectivity index (χ0n) is 17.4. The molecule has 152 valence electrons. The van der Waals surface area contributed by atoms with E-state index in [1.807, 2.05) is 0 Å². The summed E-state index contributed by atoms with van der Waals surface area (Å²) in [7, 11) is 0. The predicted molar refractivity (Wildman–Crippen MR) is 122 cm³/mol. The first-order valence-electron chi connectivity index (χ1n) is 11.0. The van der Waals surface area contributed by atoms with Crippen molar-refractivity contribution >= 4 is 17.9 Å². The molecule has 29 heavy (non-hydrogen) atoms. The Hall–Kier alpha value is -2.49. The van der Waals surface area contributed by atoms with Crippen LogP contribution in [-0.2, 0) is 6.42 Å². The van der Waals surface area contributed by atoms with Gasteiger partial charge in [-0.3, -0.25) is 9.98 Å². The largest absolute Gasteiger partial charge is 0.335 e. The molecule has 1 unspecified atom stereocenters. The van der Waals surface area contributed by atoms with Gasteiger partial charge in [0.25, 0.3) is 0 Å². The van der Waals surface area contributed by atoms with Crippen molar-refractivity contribution in [1.82, 2.24) is 5.32 Å². The van der Waals surface area contributed by atoms with E-state index < -0.39 is 0 Å². The molecule has 4 heteroatoms. The zero-order valence-corrected chi connectivity index (χ0v) is 17.4. The molecule has 1 aromatic carbocycles. The molecule has 0 aromatic heterocycles. The minimum Gasteiger partial charge on any atom is -0.335 e. The van der Waals surface area contributed by atoms with Crippen molar-refractivity contribution in [3.8, 4) is 0 Å². The second-order valence-electron chi connectivity index (χ2n) is 8.70. The fraction of sp³-hybridized carbons (Fsp3) is 0.480. The first kappa shape index (κ1) is 19.8. The Labute approximate surface area is 174 Å². The summed E-state index contributed by atoms with van der Waals surface area (Å²) in [4.78, 5) is 9.40. The molecule has 0 bridgehead atoms. The lowest BCUT2D eigenvalue weighted by Gasteiger charge is -2.27. The number of benzene rings is 1. The summed E-state index contributed by atoms with van der Waals surface area (Å²) in [6.45, 7) is 2.94. The number of aliphatic imine (C=N–C) groups is 2. The minimum absolute atomic E-state index is 0.0728. The van der Waals surface area contributed by atoms with Gasteiger partial charge in [-0.15, -0.1) is 0 Å². The monoisotopic (exact) mass is 388 g/mol. The van der Waals surface area contributed by atoms with E-state index in [2.05, 4.69) is 59.7 Å². The van der Waals surface area contributed by atoms with E-state index in [0.717, 1.165) is 49.4 Å². The Balaban J connectivity index is 1.44. The summed E-state index contributed by atoms with van der Waals surface area (Å²) in [5.74, 6) is 1.67. The third kappa shape index (κ3) is 5.11. The molecule has 0 radical (unpaired) electrons. The van der Waals surface area contributed by atoms with Gasteiger partial charge in [-0.25, -0.2) is 0 Å². The topological polar surface area (TPSA) is 60.6 Å². The second kappa shape index (κ2) is 9.34. The number of hydrogen-bond donors (Lipinski definition) is 2. The lowest BCUT2D eigenvalue weighted by atomic mass is 9.87. The molecular weight excluding hydrogens is 356 g/mol. The fourth-order valence-electron chi connectivity index (χ4n) is 4.45. The summed E-state index contributed by atoms with van der Waals surface area (Å²) >= 11 is 0. The highest BCUT2D eigenvalue weighted by molar-refractivity contribution is 6.15. The Morgan fingerprint density at radius 2 is 1.97 bits per heavy atom. The molecule has 1 saturated carbocycles. The first-order valence-corrected chi connectivity index (χ1v) is 11.0. The fourth-order valence-corrected chi connectivity index (χ4v) is 4.45. The predicted octanol–water partition coefficient (Wildman–Crippen LogP) is 5.10. The summed E-state index contributed by atoms with van der Waals surface area (Å²) in [6.07, 6.45) is 16.5. The average Bonchev–Trinajstić information content (AvgIpc) is 2.77. The van der Waals surface area contributed by atoms with E-state index in [1.165, 1.54) is 24.0 Å². The third-order valence-electron chi connectivity index (χ3n) is 6.37. The van der Waals surface area contributed by atoms with Gasteiger partial charge in [0.15, 0.2) is 0 Å². The van der Waals surface area contributed by atoms with Crippen LogP contribution in [0.5, 0.6) is 0 Å². The molecule has 1 atom stereocenters. The molecule has 4 nitrogen and oxygen atoms in total. The normalized spacial score (nSPS) is 28.1. The van der Waals surface area contributed by atoms with Gasteiger partial charge in [0.1, 0.15) is 5.84 Å². The lowest BCUT2D eigenvalue weighted by molar-refractivity contribution is 0.348. The highest BCUT2D eigenvalue weighted by Crippen LogP contribution is 2.26. The van der Waals surface area contributed by atoms with Crippen LogP contribution in [0.2, 0.25) is 0 Å². The van der Waals surface area contributed by atoms with Crippen molar-refractivity contribution in [2.24, 2.45) is 21.8 Å². The SMILES string of the molecule is CC1CCC(N=C2NC=NCC2C(=N)c2ccc(CC3=CC=CCC3)cc2)CC1. The highest BCUT2D eigenvalue weighted by Gasteiger charge is 2.26. The maximum absolute atomic E-state index is 8.81. The van der Waals surface area contributed by atoms with Crippen LogP contribution < -0.4 is 5.32 Å². The number of allylic oxidation sites excluding steroid dienone is 4. The quantitative estimate of drug-likeness (QED) is 0.678. The van der Waals surface area contributed by atoms with Crippen molar-refractivity contribution in [2.75, 3.05) is 6.54 Å². The average molecular weight is 389 g/mol. The second-order valence-corrected chi connectivity index (χ2v) is 8.70.